The average molecular weight is 484 g/mol. The van der Waals surface area contributed by atoms with Crippen LogP contribution in [0.5, 0.6) is 0 Å². The summed E-state index contributed by atoms with van der Waals surface area (Å²) in [5.41, 5.74) is 5.18. The number of benzene rings is 2. The van der Waals surface area contributed by atoms with Crippen molar-refractivity contribution in [3.8, 4) is 0 Å². The van der Waals surface area contributed by atoms with Crippen LogP contribution in [0.2, 0.25) is 0 Å². The van der Waals surface area contributed by atoms with Gasteiger partial charge in [0.15, 0.2) is 5.92 Å². The minimum absolute atomic E-state index is 0. The number of allylic oxidation sites excluding steroid dienone is 1. The third-order valence-electron chi connectivity index (χ3n) is 5.27. The molecule has 2 aromatic carbocycles. The topological polar surface area (TPSA) is 112 Å². The molecule has 7 nitrogen and oxygen atoms in total. The van der Waals surface area contributed by atoms with Crippen LogP contribution in [0, 0.1) is 32.8 Å². The SMILES string of the molecule is COC(=O)[C@H]1C(=O)OC2=C(CCc3ccccc32)[C@@H]1c1ccc(C)cc1.[C-]#[O+].[C-]#[O+].[C-]#[O+].[Cr]. The fourth-order valence-corrected chi connectivity index (χ4v) is 3.96. The number of hydrogen-bond donors (Lipinski definition) is 0. The van der Waals surface area contributed by atoms with Gasteiger partial charge < -0.3 is 9.47 Å². The first-order valence-electron chi connectivity index (χ1n) is 9.39. The Labute approximate surface area is 203 Å². The van der Waals surface area contributed by atoms with E-state index in [0.717, 1.165) is 35.1 Å². The molecule has 2 aliphatic rings. The normalized spacial score (nSPS) is 17.2. The van der Waals surface area contributed by atoms with Crippen molar-refractivity contribution < 1.29 is 50.4 Å². The number of ether oxygens (including phenoxy) is 2. The number of rotatable bonds is 2. The molecule has 0 amide bonds. The van der Waals surface area contributed by atoms with Crippen LogP contribution >= 0.6 is 0 Å². The average Bonchev–Trinajstić information content (AvgIpc) is 2.87. The van der Waals surface area contributed by atoms with Gasteiger partial charge in [-0.2, -0.15) is 0 Å². The maximum atomic E-state index is 12.8. The molecule has 168 valence electrons. The Bertz CT molecular complexity index is 1030. The van der Waals surface area contributed by atoms with Gasteiger partial charge >= 0.3 is 45.8 Å². The van der Waals surface area contributed by atoms with E-state index in [1.165, 1.54) is 12.7 Å². The largest absolute Gasteiger partial charge is 0 e. The number of methoxy groups -OCH3 is 1. The van der Waals surface area contributed by atoms with E-state index >= 15 is 0 Å². The Kier molecular flexibility index (Phi) is 13.4. The monoisotopic (exact) mass is 484 g/mol. The zero-order valence-electron chi connectivity index (χ0n) is 18.0. The van der Waals surface area contributed by atoms with Gasteiger partial charge in [0.2, 0.25) is 0 Å². The van der Waals surface area contributed by atoms with Gasteiger partial charge in [-0.25, -0.2) is 0 Å². The Morgan fingerprint density at radius 2 is 1.55 bits per heavy atom. The van der Waals surface area contributed by atoms with Crippen LogP contribution in [-0.4, -0.2) is 19.0 Å². The molecule has 1 heterocycles. The smallest absolute Gasteiger partial charge is 0 e. The van der Waals surface area contributed by atoms with Crippen molar-refractivity contribution in [2.75, 3.05) is 7.11 Å². The van der Waals surface area contributed by atoms with Crippen molar-refractivity contribution >= 4 is 17.7 Å². The number of hydrogen-bond acceptors (Lipinski definition) is 4. The third-order valence-corrected chi connectivity index (χ3v) is 5.27. The van der Waals surface area contributed by atoms with E-state index in [1.54, 1.807) is 0 Å². The Hall–Kier alpha value is -3.13. The van der Waals surface area contributed by atoms with Crippen molar-refractivity contribution in [1.82, 2.24) is 0 Å². The van der Waals surface area contributed by atoms with Crippen molar-refractivity contribution in [3.05, 3.63) is 96.3 Å². The first-order valence-corrected chi connectivity index (χ1v) is 9.39. The van der Waals surface area contributed by atoms with Gasteiger partial charge in [0.05, 0.1) is 7.11 Å². The maximum absolute atomic E-state index is 12.8. The van der Waals surface area contributed by atoms with E-state index in [1.807, 2.05) is 49.4 Å². The quantitative estimate of drug-likeness (QED) is 0.280. The molecule has 0 fully saturated rings. The predicted molar refractivity (Wildman–Crippen MR) is 109 cm³/mol. The predicted octanol–water partition coefficient (Wildman–Crippen LogP) is 3.67. The Morgan fingerprint density at radius 3 is 2.12 bits per heavy atom. The molecule has 33 heavy (non-hydrogen) atoms. The Morgan fingerprint density at radius 1 is 0.970 bits per heavy atom. The third kappa shape index (κ3) is 6.45. The zero-order valence-corrected chi connectivity index (χ0v) is 19.2. The molecule has 0 saturated carbocycles. The summed E-state index contributed by atoms with van der Waals surface area (Å²) >= 11 is 0. The first-order chi connectivity index (χ1) is 15.6. The van der Waals surface area contributed by atoms with Gasteiger partial charge in [-0.15, -0.1) is 0 Å². The first kappa shape index (κ1) is 29.9. The van der Waals surface area contributed by atoms with Gasteiger partial charge in [-0.1, -0.05) is 54.1 Å². The standard InChI is InChI=1S/C22H20O4.3CO.Cr/c1-13-7-9-15(10-8-13)18-17-12-11-14-5-3-4-6-16(14)20(17)26-22(24)19(18)21(23)25-2;3*1-2;/h3-10,18-19H,11-12H2,1-2H3;;;;/t18-,19-;;;;/m0..../s1. The number of carbonyl (C=O) groups is 2. The van der Waals surface area contributed by atoms with E-state index in [0.29, 0.717) is 5.76 Å². The summed E-state index contributed by atoms with van der Waals surface area (Å²) in [6, 6.07) is 15.9. The molecule has 4 rings (SSSR count). The van der Waals surface area contributed by atoms with E-state index in [4.69, 9.17) is 23.4 Å². The van der Waals surface area contributed by atoms with Crippen LogP contribution in [0.1, 0.15) is 34.6 Å². The summed E-state index contributed by atoms with van der Waals surface area (Å²) in [7, 11) is 1.31. The van der Waals surface area contributed by atoms with Crippen molar-refractivity contribution in [1.29, 1.82) is 0 Å². The van der Waals surface area contributed by atoms with Crippen LogP contribution in [-0.2, 0) is 56.8 Å². The molecule has 8 heteroatoms. The van der Waals surface area contributed by atoms with Crippen molar-refractivity contribution in [2.24, 2.45) is 5.92 Å². The van der Waals surface area contributed by atoms with Gasteiger partial charge in [-0.05, 0) is 36.5 Å². The number of carbonyl (C=O) groups excluding carboxylic acids is 2. The summed E-state index contributed by atoms with van der Waals surface area (Å²) in [5, 5.41) is 0. The zero-order chi connectivity index (χ0) is 24.3. The molecular weight excluding hydrogens is 464 g/mol. The number of aryl methyl sites for hydroxylation is 2. The number of esters is 2. The minimum atomic E-state index is -0.966. The molecule has 0 N–H and O–H groups in total. The van der Waals surface area contributed by atoms with Gasteiger partial charge in [0.25, 0.3) is 0 Å². The Balaban J connectivity index is 0.00000136. The van der Waals surface area contributed by atoms with Crippen LogP contribution < -0.4 is 0 Å². The summed E-state index contributed by atoms with van der Waals surface area (Å²) in [6.45, 7) is 15.5. The molecule has 2 atom stereocenters. The van der Waals surface area contributed by atoms with E-state index < -0.39 is 17.9 Å². The molecule has 0 spiro atoms. The van der Waals surface area contributed by atoms with Crippen LogP contribution in [0.4, 0.5) is 0 Å². The molecule has 0 bridgehead atoms. The summed E-state index contributed by atoms with van der Waals surface area (Å²) in [6.07, 6.45) is 1.62. The van der Waals surface area contributed by atoms with Gasteiger partial charge in [0.1, 0.15) is 5.76 Å². The summed E-state index contributed by atoms with van der Waals surface area (Å²) in [4.78, 5) is 25.2. The molecule has 0 saturated heterocycles. The van der Waals surface area contributed by atoms with Gasteiger partial charge in [0, 0.05) is 28.8 Å². The molecule has 0 unspecified atom stereocenters. The summed E-state index contributed by atoms with van der Waals surface area (Å²) < 4.78 is 33.1. The van der Waals surface area contributed by atoms with Crippen molar-refractivity contribution in [3.63, 3.8) is 0 Å². The molecule has 0 radical (unpaired) electrons. The number of fused-ring (bicyclic) bond motifs is 2. The fourth-order valence-electron chi connectivity index (χ4n) is 3.96. The fraction of sp³-hybridized carbons (Fsp3) is 0.240. The second kappa shape index (κ2) is 14.8. The van der Waals surface area contributed by atoms with Crippen molar-refractivity contribution in [2.45, 2.75) is 25.7 Å². The molecular formula is C25H20CrO7. The van der Waals surface area contributed by atoms with Gasteiger partial charge in [-0.3, -0.25) is 9.59 Å². The van der Waals surface area contributed by atoms with E-state index in [2.05, 4.69) is 26.0 Å². The van der Waals surface area contributed by atoms with E-state index in [-0.39, 0.29) is 23.3 Å². The van der Waals surface area contributed by atoms with Crippen LogP contribution in [0.3, 0.4) is 0 Å². The minimum Gasteiger partial charge on any atom is 0 e. The molecule has 2 aromatic rings. The second-order valence-corrected chi connectivity index (χ2v) is 6.82. The maximum Gasteiger partial charge on any atom is 0 e. The van der Waals surface area contributed by atoms with Crippen LogP contribution in [0.25, 0.3) is 5.76 Å². The molecule has 0 aromatic heterocycles. The molecule has 1 aliphatic carbocycles. The van der Waals surface area contributed by atoms with Crippen LogP contribution in [0.15, 0.2) is 54.1 Å². The molecule has 1 aliphatic heterocycles. The summed E-state index contributed by atoms with van der Waals surface area (Å²) in [5.74, 6) is -1.80. The van der Waals surface area contributed by atoms with E-state index in [9.17, 15) is 9.59 Å². The second-order valence-electron chi connectivity index (χ2n) is 6.82.